The third-order valence-electron chi connectivity index (χ3n) is 4.29. The molecule has 27 heavy (non-hydrogen) atoms. The lowest BCUT2D eigenvalue weighted by atomic mass is 10.3. The van der Waals surface area contributed by atoms with Crippen LogP contribution in [0.1, 0.15) is 33.9 Å². The Morgan fingerprint density at radius 3 is 2.74 bits per heavy atom. The molecule has 3 aromatic rings. The SMILES string of the molecule is Cc1nc(CNC(=NCc2nnc(C)n2C)NCCc2cccs2)oc1C. The average Bonchev–Trinajstić information content (AvgIpc) is 3.35. The van der Waals surface area contributed by atoms with E-state index in [0.29, 0.717) is 24.9 Å². The molecule has 0 bridgehead atoms. The summed E-state index contributed by atoms with van der Waals surface area (Å²) in [5.74, 6) is 3.86. The number of aromatic nitrogens is 4. The van der Waals surface area contributed by atoms with Crippen LogP contribution in [0.4, 0.5) is 0 Å². The van der Waals surface area contributed by atoms with Gasteiger partial charge in [0.05, 0.1) is 12.2 Å². The first-order valence-corrected chi connectivity index (χ1v) is 9.73. The summed E-state index contributed by atoms with van der Waals surface area (Å²) in [7, 11) is 1.94. The summed E-state index contributed by atoms with van der Waals surface area (Å²) in [4.78, 5) is 10.4. The molecule has 0 unspecified atom stereocenters. The van der Waals surface area contributed by atoms with E-state index in [0.717, 1.165) is 36.1 Å². The maximum absolute atomic E-state index is 5.63. The maximum Gasteiger partial charge on any atom is 0.214 e. The fourth-order valence-corrected chi connectivity index (χ4v) is 3.15. The molecule has 3 aromatic heterocycles. The molecule has 2 N–H and O–H groups in total. The van der Waals surface area contributed by atoms with Crippen molar-refractivity contribution >= 4 is 17.3 Å². The zero-order valence-electron chi connectivity index (χ0n) is 16.1. The van der Waals surface area contributed by atoms with Gasteiger partial charge < -0.3 is 19.6 Å². The number of aliphatic imine (C=N–C) groups is 1. The van der Waals surface area contributed by atoms with Gasteiger partial charge in [-0.25, -0.2) is 9.98 Å². The predicted molar refractivity (Wildman–Crippen MR) is 106 cm³/mol. The van der Waals surface area contributed by atoms with E-state index in [1.165, 1.54) is 4.88 Å². The summed E-state index contributed by atoms with van der Waals surface area (Å²) in [6.45, 7) is 7.47. The molecule has 9 heteroatoms. The van der Waals surface area contributed by atoms with Crippen LogP contribution in [0.2, 0.25) is 0 Å². The van der Waals surface area contributed by atoms with Crippen LogP contribution < -0.4 is 10.6 Å². The molecule has 0 aliphatic carbocycles. The van der Waals surface area contributed by atoms with Crippen LogP contribution in [-0.2, 0) is 26.6 Å². The second-order valence-corrected chi connectivity index (χ2v) is 7.28. The fourth-order valence-electron chi connectivity index (χ4n) is 2.45. The van der Waals surface area contributed by atoms with E-state index < -0.39 is 0 Å². The molecule has 0 aliphatic heterocycles. The van der Waals surface area contributed by atoms with Gasteiger partial charge in [-0.1, -0.05) is 6.07 Å². The van der Waals surface area contributed by atoms with Gasteiger partial charge in [0.2, 0.25) is 5.89 Å². The number of guanidine groups is 1. The number of nitrogens with zero attached hydrogens (tertiary/aromatic N) is 5. The van der Waals surface area contributed by atoms with Crippen molar-refractivity contribution < 1.29 is 4.42 Å². The molecule has 0 saturated carbocycles. The van der Waals surface area contributed by atoms with E-state index in [1.807, 2.05) is 32.4 Å². The Morgan fingerprint density at radius 1 is 1.26 bits per heavy atom. The molecular formula is C18H25N7OS. The third kappa shape index (κ3) is 5.16. The predicted octanol–water partition coefficient (Wildman–Crippen LogP) is 2.27. The number of nitrogens with one attached hydrogen (secondary N) is 2. The Labute approximate surface area is 162 Å². The summed E-state index contributed by atoms with van der Waals surface area (Å²) >= 11 is 1.76. The first-order valence-electron chi connectivity index (χ1n) is 8.85. The number of hydrogen-bond donors (Lipinski definition) is 2. The van der Waals surface area contributed by atoms with Crippen LogP contribution in [0.15, 0.2) is 26.9 Å². The molecular weight excluding hydrogens is 362 g/mol. The highest BCUT2D eigenvalue weighted by Gasteiger charge is 2.08. The van der Waals surface area contributed by atoms with Crippen molar-refractivity contribution in [2.45, 2.75) is 40.3 Å². The Bertz CT molecular complexity index is 876. The van der Waals surface area contributed by atoms with E-state index in [9.17, 15) is 0 Å². The van der Waals surface area contributed by atoms with Crippen LogP contribution >= 0.6 is 11.3 Å². The zero-order valence-corrected chi connectivity index (χ0v) is 16.9. The molecule has 0 radical (unpaired) electrons. The molecule has 3 rings (SSSR count). The number of rotatable bonds is 7. The minimum Gasteiger partial charge on any atom is -0.444 e. The molecule has 0 aliphatic rings. The van der Waals surface area contributed by atoms with Gasteiger partial charge in [0, 0.05) is 18.5 Å². The largest absolute Gasteiger partial charge is 0.444 e. The third-order valence-corrected chi connectivity index (χ3v) is 5.22. The first-order chi connectivity index (χ1) is 13.0. The standard InChI is InChI=1S/C18H25N7OS/c1-12-13(2)26-17(22-12)11-21-18(19-8-7-15-6-5-9-27-15)20-10-16-24-23-14(3)25(16)4/h5-6,9H,7-8,10-11H2,1-4H3,(H2,19,20,21). The van der Waals surface area contributed by atoms with Gasteiger partial charge in [-0.3, -0.25) is 0 Å². The lowest BCUT2D eigenvalue weighted by molar-refractivity contribution is 0.463. The minimum absolute atomic E-state index is 0.440. The molecule has 0 atom stereocenters. The van der Waals surface area contributed by atoms with Gasteiger partial charge in [0.25, 0.3) is 0 Å². The normalized spacial score (nSPS) is 11.8. The number of aryl methyl sites for hydroxylation is 3. The van der Waals surface area contributed by atoms with E-state index in [-0.39, 0.29) is 0 Å². The Hall–Kier alpha value is -2.68. The lowest BCUT2D eigenvalue weighted by Crippen LogP contribution is -2.38. The summed E-state index contributed by atoms with van der Waals surface area (Å²) < 4.78 is 7.57. The summed E-state index contributed by atoms with van der Waals surface area (Å²) in [6, 6.07) is 4.20. The molecule has 0 amide bonds. The van der Waals surface area contributed by atoms with Crippen molar-refractivity contribution in [2.24, 2.45) is 12.0 Å². The highest BCUT2D eigenvalue weighted by molar-refractivity contribution is 7.09. The van der Waals surface area contributed by atoms with E-state index in [2.05, 4.69) is 48.3 Å². The van der Waals surface area contributed by atoms with Crippen molar-refractivity contribution in [3.63, 3.8) is 0 Å². The topological polar surface area (TPSA) is 93.2 Å². The van der Waals surface area contributed by atoms with Crippen molar-refractivity contribution in [1.82, 2.24) is 30.4 Å². The second kappa shape index (κ2) is 8.81. The zero-order chi connectivity index (χ0) is 19.2. The Morgan fingerprint density at radius 2 is 2.11 bits per heavy atom. The van der Waals surface area contributed by atoms with E-state index in [1.54, 1.807) is 11.3 Å². The first kappa shape index (κ1) is 19.1. The average molecular weight is 388 g/mol. The van der Waals surface area contributed by atoms with Crippen LogP contribution in [0.25, 0.3) is 0 Å². The smallest absolute Gasteiger partial charge is 0.214 e. The van der Waals surface area contributed by atoms with Gasteiger partial charge >= 0.3 is 0 Å². The summed E-state index contributed by atoms with van der Waals surface area (Å²) in [5, 5.41) is 17.0. The monoisotopic (exact) mass is 387 g/mol. The van der Waals surface area contributed by atoms with Crippen molar-refractivity contribution in [1.29, 1.82) is 0 Å². The summed E-state index contributed by atoms with van der Waals surface area (Å²) in [6.07, 6.45) is 0.943. The van der Waals surface area contributed by atoms with Crippen LogP contribution in [-0.4, -0.2) is 32.3 Å². The Kier molecular flexibility index (Phi) is 6.23. The van der Waals surface area contributed by atoms with Crippen molar-refractivity contribution in [3.05, 3.63) is 51.4 Å². The molecule has 0 saturated heterocycles. The van der Waals surface area contributed by atoms with Gasteiger partial charge in [-0.05, 0) is 38.6 Å². The minimum atomic E-state index is 0.440. The van der Waals surface area contributed by atoms with E-state index >= 15 is 0 Å². The highest BCUT2D eigenvalue weighted by Crippen LogP contribution is 2.09. The number of oxazole rings is 1. The Balaban J connectivity index is 1.62. The molecule has 0 fully saturated rings. The van der Waals surface area contributed by atoms with Gasteiger partial charge in [-0.15, -0.1) is 21.5 Å². The van der Waals surface area contributed by atoms with Crippen molar-refractivity contribution in [2.75, 3.05) is 6.54 Å². The van der Waals surface area contributed by atoms with Gasteiger partial charge in [0.1, 0.15) is 18.1 Å². The van der Waals surface area contributed by atoms with Gasteiger partial charge in [-0.2, -0.15) is 0 Å². The van der Waals surface area contributed by atoms with Crippen LogP contribution in [0.5, 0.6) is 0 Å². The van der Waals surface area contributed by atoms with Crippen LogP contribution in [0, 0.1) is 20.8 Å². The van der Waals surface area contributed by atoms with Gasteiger partial charge in [0.15, 0.2) is 11.8 Å². The lowest BCUT2D eigenvalue weighted by Gasteiger charge is -2.11. The molecule has 144 valence electrons. The maximum atomic E-state index is 5.63. The second-order valence-electron chi connectivity index (χ2n) is 6.25. The quantitative estimate of drug-likeness (QED) is 0.477. The van der Waals surface area contributed by atoms with E-state index in [4.69, 9.17) is 4.42 Å². The highest BCUT2D eigenvalue weighted by atomic mass is 32.1. The molecule has 0 aromatic carbocycles. The summed E-state index contributed by atoms with van der Waals surface area (Å²) in [5.41, 5.74) is 0.908. The van der Waals surface area contributed by atoms with Crippen LogP contribution in [0.3, 0.4) is 0 Å². The number of hydrogen-bond acceptors (Lipinski definition) is 6. The van der Waals surface area contributed by atoms with Crippen molar-refractivity contribution in [3.8, 4) is 0 Å². The molecule has 8 nitrogen and oxygen atoms in total. The molecule has 3 heterocycles. The fraction of sp³-hybridized carbons (Fsp3) is 0.444. The molecule has 0 spiro atoms. The number of thiophene rings is 1.